The standard InChI is InChI=1S/C16H19NO3S/c1-12-5-7-13(8-6-12)20-10-15(18)17-11-16(2,19)14-4-3-9-21-14/h3-9,19H,10-11H2,1-2H3,(H,17,18). The fourth-order valence-corrected chi connectivity index (χ4v) is 2.56. The summed E-state index contributed by atoms with van der Waals surface area (Å²) in [6.07, 6.45) is 0. The van der Waals surface area contributed by atoms with Crippen LogP contribution in [0.1, 0.15) is 17.4 Å². The molecule has 1 unspecified atom stereocenters. The number of hydrogen-bond donors (Lipinski definition) is 2. The van der Waals surface area contributed by atoms with Crippen LogP contribution in [0.25, 0.3) is 0 Å². The SMILES string of the molecule is Cc1ccc(OCC(=O)NCC(C)(O)c2cccs2)cc1. The lowest BCUT2D eigenvalue weighted by Crippen LogP contribution is -2.40. The van der Waals surface area contributed by atoms with Crippen LogP contribution in [0.4, 0.5) is 0 Å². The third-order valence-corrected chi connectivity index (χ3v) is 4.20. The molecule has 2 aromatic rings. The molecule has 0 saturated heterocycles. The van der Waals surface area contributed by atoms with Crippen molar-refractivity contribution >= 4 is 17.2 Å². The number of amides is 1. The Kier molecular flexibility index (Phi) is 4.98. The summed E-state index contributed by atoms with van der Waals surface area (Å²) in [7, 11) is 0. The zero-order valence-corrected chi connectivity index (χ0v) is 12.9. The van der Waals surface area contributed by atoms with Gasteiger partial charge in [0.25, 0.3) is 5.91 Å². The van der Waals surface area contributed by atoms with E-state index < -0.39 is 5.60 Å². The minimum Gasteiger partial charge on any atom is -0.484 e. The van der Waals surface area contributed by atoms with Gasteiger partial charge in [-0.2, -0.15) is 0 Å². The van der Waals surface area contributed by atoms with E-state index in [1.807, 2.05) is 48.7 Å². The molecule has 2 N–H and O–H groups in total. The highest BCUT2D eigenvalue weighted by Gasteiger charge is 2.24. The Balaban J connectivity index is 1.78. The lowest BCUT2D eigenvalue weighted by molar-refractivity contribution is -0.124. The van der Waals surface area contributed by atoms with Gasteiger partial charge in [-0.05, 0) is 37.4 Å². The molecule has 21 heavy (non-hydrogen) atoms. The van der Waals surface area contributed by atoms with Crippen LogP contribution in [-0.4, -0.2) is 24.2 Å². The maximum atomic E-state index is 11.8. The van der Waals surface area contributed by atoms with Crippen LogP contribution in [-0.2, 0) is 10.4 Å². The number of aryl methyl sites for hydroxylation is 1. The number of rotatable bonds is 6. The normalized spacial score (nSPS) is 13.5. The molecule has 0 fully saturated rings. The number of nitrogens with one attached hydrogen (secondary N) is 1. The van der Waals surface area contributed by atoms with E-state index in [0.717, 1.165) is 10.4 Å². The van der Waals surface area contributed by atoms with Crippen LogP contribution in [0, 0.1) is 6.92 Å². The zero-order valence-electron chi connectivity index (χ0n) is 12.1. The number of benzene rings is 1. The topological polar surface area (TPSA) is 58.6 Å². The van der Waals surface area contributed by atoms with Crippen LogP contribution < -0.4 is 10.1 Å². The highest BCUT2D eigenvalue weighted by molar-refractivity contribution is 7.10. The predicted octanol–water partition coefficient (Wildman–Crippen LogP) is 2.46. The summed E-state index contributed by atoms with van der Waals surface area (Å²) in [6.45, 7) is 3.76. The van der Waals surface area contributed by atoms with Crippen molar-refractivity contribution in [1.82, 2.24) is 5.32 Å². The van der Waals surface area contributed by atoms with Crippen LogP contribution >= 0.6 is 11.3 Å². The van der Waals surface area contributed by atoms with E-state index in [0.29, 0.717) is 5.75 Å². The summed E-state index contributed by atoms with van der Waals surface area (Å²) in [5.74, 6) is 0.396. The first-order chi connectivity index (χ1) is 9.97. The van der Waals surface area contributed by atoms with Crippen LogP contribution in [0.15, 0.2) is 41.8 Å². The first-order valence-corrected chi connectivity index (χ1v) is 7.58. The minimum atomic E-state index is -1.06. The van der Waals surface area contributed by atoms with E-state index in [1.54, 1.807) is 6.92 Å². The summed E-state index contributed by atoms with van der Waals surface area (Å²) < 4.78 is 5.39. The molecule has 1 atom stereocenters. The van der Waals surface area contributed by atoms with Crippen molar-refractivity contribution in [3.63, 3.8) is 0 Å². The molecular weight excluding hydrogens is 286 g/mol. The molecule has 1 aromatic carbocycles. The van der Waals surface area contributed by atoms with Crippen LogP contribution in [0.5, 0.6) is 5.75 Å². The Bertz CT molecular complexity index is 576. The van der Waals surface area contributed by atoms with Gasteiger partial charge in [0.15, 0.2) is 6.61 Å². The Morgan fingerprint density at radius 3 is 2.67 bits per heavy atom. The van der Waals surface area contributed by atoms with Crippen molar-refractivity contribution in [1.29, 1.82) is 0 Å². The first kappa shape index (κ1) is 15.5. The van der Waals surface area contributed by atoms with Gasteiger partial charge < -0.3 is 15.2 Å². The van der Waals surface area contributed by atoms with Crippen LogP contribution in [0.2, 0.25) is 0 Å². The van der Waals surface area contributed by atoms with Gasteiger partial charge in [0.05, 0.1) is 6.54 Å². The highest BCUT2D eigenvalue weighted by Crippen LogP contribution is 2.24. The fourth-order valence-electron chi connectivity index (χ4n) is 1.78. The largest absolute Gasteiger partial charge is 0.484 e. The zero-order chi connectivity index (χ0) is 15.3. The number of carbonyl (C=O) groups excluding carboxylic acids is 1. The van der Waals surface area contributed by atoms with Crippen molar-refractivity contribution in [2.75, 3.05) is 13.2 Å². The predicted molar refractivity (Wildman–Crippen MR) is 83.6 cm³/mol. The van der Waals surface area contributed by atoms with E-state index in [2.05, 4.69) is 5.32 Å². The molecule has 0 aliphatic carbocycles. The van der Waals surface area contributed by atoms with Crippen molar-refractivity contribution < 1.29 is 14.6 Å². The summed E-state index contributed by atoms with van der Waals surface area (Å²) in [4.78, 5) is 12.6. The van der Waals surface area contributed by atoms with Crippen LogP contribution in [0.3, 0.4) is 0 Å². The summed E-state index contributed by atoms with van der Waals surface area (Å²) in [6, 6.07) is 11.2. The number of ether oxygens (including phenoxy) is 1. The first-order valence-electron chi connectivity index (χ1n) is 6.70. The van der Waals surface area contributed by atoms with Gasteiger partial charge in [0, 0.05) is 4.88 Å². The third kappa shape index (κ3) is 4.58. The molecule has 0 bridgehead atoms. The van der Waals surface area contributed by atoms with E-state index in [9.17, 15) is 9.90 Å². The maximum absolute atomic E-state index is 11.8. The summed E-state index contributed by atoms with van der Waals surface area (Å²) in [5.41, 5.74) is 0.0760. The molecule has 1 heterocycles. The van der Waals surface area contributed by atoms with Crippen molar-refractivity contribution in [2.45, 2.75) is 19.4 Å². The Morgan fingerprint density at radius 1 is 1.33 bits per heavy atom. The molecule has 4 nitrogen and oxygen atoms in total. The van der Waals surface area contributed by atoms with Gasteiger partial charge >= 0.3 is 0 Å². The molecule has 0 radical (unpaired) electrons. The Morgan fingerprint density at radius 2 is 2.05 bits per heavy atom. The van der Waals surface area contributed by atoms with E-state index >= 15 is 0 Å². The lowest BCUT2D eigenvalue weighted by atomic mass is 10.1. The second-order valence-electron chi connectivity index (χ2n) is 5.13. The monoisotopic (exact) mass is 305 g/mol. The molecule has 1 amide bonds. The van der Waals surface area contributed by atoms with Gasteiger partial charge in [0.1, 0.15) is 11.4 Å². The molecule has 0 aliphatic rings. The molecular formula is C16H19NO3S. The molecule has 0 spiro atoms. The second-order valence-corrected chi connectivity index (χ2v) is 6.08. The number of hydrogen-bond acceptors (Lipinski definition) is 4. The third-order valence-electron chi connectivity index (χ3n) is 3.07. The van der Waals surface area contributed by atoms with Gasteiger partial charge in [-0.1, -0.05) is 23.8 Å². The number of carbonyl (C=O) groups is 1. The van der Waals surface area contributed by atoms with Gasteiger partial charge in [-0.3, -0.25) is 4.79 Å². The van der Waals surface area contributed by atoms with Crippen molar-refractivity contribution in [3.05, 3.63) is 52.2 Å². The molecule has 0 saturated carbocycles. The lowest BCUT2D eigenvalue weighted by Gasteiger charge is -2.22. The number of thiophene rings is 1. The minimum absolute atomic E-state index is 0.0659. The molecule has 0 aliphatic heterocycles. The quantitative estimate of drug-likeness (QED) is 0.862. The highest BCUT2D eigenvalue weighted by atomic mass is 32.1. The van der Waals surface area contributed by atoms with Gasteiger partial charge in [-0.15, -0.1) is 11.3 Å². The van der Waals surface area contributed by atoms with E-state index in [4.69, 9.17) is 4.74 Å². The van der Waals surface area contributed by atoms with E-state index in [-0.39, 0.29) is 19.1 Å². The van der Waals surface area contributed by atoms with E-state index in [1.165, 1.54) is 11.3 Å². The van der Waals surface area contributed by atoms with Gasteiger partial charge in [-0.25, -0.2) is 0 Å². The Hall–Kier alpha value is -1.85. The molecule has 1 aromatic heterocycles. The van der Waals surface area contributed by atoms with Crippen molar-refractivity contribution in [3.8, 4) is 5.75 Å². The average Bonchev–Trinajstić information content (AvgIpc) is 3.00. The average molecular weight is 305 g/mol. The van der Waals surface area contributed by atoms with Crippen molar-refractivity contribution in [2.24, 2.45) is 0 Å². The molecule has 2 rings (SSSR count). The summed E-state index contributed by atoms with van der Waals surface area (Å²) >= 11 is 1.46. The number of aliphatic hydroxyl groups is 1. The molecule has 112 valence electrons. The summed E-state index contributed by atoms with van der Waals surface area (Å²) in [5, 5.41) is 14.9. The Labute approximate surface area is 128 Å². The fraction of sp³-hybridized carbons (Fsp3) is 0.312. The smallest absolute Gasteiger partial charge is 0.258 e. The second kappa shape index (κ2) is 6.74. The van der Waals surface area contributed by atoms with Gasteiger partial charge in [0.2, 0.25) is 0 Å². The maximum Gasteiger partial charge on any atom is 0.258 e. The molecule has 5 heteroatoms.